The Morgan fingerprint density at radius 2 is 1.95 bits per heavy atom. The number of ether oxygens (including phenoxy) is 1. The fourth-order valence-corrected chi connectivity index (χ4v) is 2.26. The van der Waals surface area contributed by atoms with Crippen molar-refractivity contribution in [1.29, 1.82) is 0 Å². The van der Waals surface area contributed by atoms with Crippen LogP contribution in [0.25, 0.3) is 0 Å². The molecule has 0 fully saturated rings. The summed E-state index contributed by atoms with van der Waals surface area (Å²) >= 11 is 8.88. The highest BCUT2D eigenvalue weighted by Gasteiger charge is 2.21. The minimum absolute atomic E-state index is 0.0331. The minimum Gasteiger partial charge on any atom is -0.445 e. The van der Waals surface area contributed by atoms with Gasteiger partial charge in [-0.05, 0) is 28.1 Å². The van der Waals surface area contributed by atoms with Crippen molar-refractivity contribution in [2.24, 2.45) is 0 Å². The number of alkyl halides is 1. The zero-order valence-corrected chi connectivity index (χ0v) is 12.3. The molecule has 7 heteroatoms. The van der Waals surface area contributed by atoms with Crippen molar-refractivity contribution in [3.8, 4) is 11.5 Å². The van der Waals surface area contributed by atoms with Crippen LogP contribution in [0, 0.1) is 15.9 Å². The van der Waals surface area contributed by atoms with Crippen LogP contribution in [0.3, 0.4) is 0 Å². The molecule has 104 valence electrons. The summed E-state index contributed by atoms with van der Waals surface area (Å²) in [4.78, 5) is 10.4. The number of hydrogen-bond acceptors (Lipinski definition) is 3. The van der Waals surface area contributed by atoms with Crippen LogP contribution in [0.5, 0.6) is 11.5 Å². The third-order valence-corrected chi connectivity index (χ3v) is 3.45. The minimum atomic E-state index is -0.631. The molecule has 0 heterocycles. The predicted molar refractivity (Wildman–Crippen MR) is 76.8 cm³/mol. The summed E-state index contributed by atoms with van der Waals surface area (Å²) < 4.78 is 19.6. The number of hydrogen-bond donors (Lipinski definition) is 0. The lowest BCUT2D eigenvalue weighted by Gasteiger charge is -2.11. The second-order valence-corrected chi connectivity index (χ2v) is 4.93. The topological polar surface area (TPSA) is 52.4 Å². The Hall–Kier alpha value is -1.66. The first-order chi connectivity index (χ1) is 9.54. The van der Waals surface area contributed by atoms with Crippen molar-refractivity contribution < 1.29 is 14.1 Å². The van der Waals surface area contributed by atoms with Crippen LogP contribution in [-0.4, -0.2) is 4.92 Å². The summed E-state index contributed by atoms with van der Waals surface area (Å²) in [6.45, 7) is 0. The smallest absolute Gasteiger partial charge is 0.312 e. The third-order valence-electron chi connectivity index (χ3n) is 2.54. The highest BCUT2D eigenvalue weighted by Crippen LogP contribution is 2.40. The fraction of sp³-hybridized carbons (Fsp3) is 0.0769. The van der Waals surface area contributed by atoms with E-state index in [0.717, 1.165) is 0 Å². The molecule has 0 spiro atoms. The Labute approximate surface area is 127 Å². The van der Waals surface area contributed by atoms with Crippen molar-refractivity contribution in [3.63, 3.8) is 0 Å². The zero-order valence-electron chi connectivity index (χ0n) is 9.98. The summed E-state index contributed by atoms with van der Waals surface area (Å²) in [6.07, 6.45) is 0. The third kappa shape index (κ3) is 2.91. The Kier molecular flexibility index (Phi) is 4.57. The van der Waals surface area contributed by atoms with E-state index in [1.807, 2.05) is 0 Å². The van der Waals surface area contributed by atoms with E-state index < -0.39 is 10.7 Å². The summed E-state index contributed by atoms with van der Waals surface area (Å²) in [6, 6.07) is 8.64. The fourth-order valence-electron chi connectivity index (χ4n) is 1.62. The van der Waals surface area contributed by atoms with Gasteiger partial charge in [0.05, 0.1) is 15.3 Å². The molecule has 0 aliphatic carbocycles. The van der Waals surface area contributed by atoms with Gasteiger partial charge in [-0.25, -0.2) is 4.39 Å². The molecule has 0 unspecified atom stereocenters. The lowest BCUT2D eigenvalue weighted by Crippen LogP contribution is -1.98. The number of rotatable bonds is 4. The molecular formula is C13H8BrClFNO3. The van der Waals surface area contributed by atoms with Crippen LogP contribution in [0.1, 0.15) is 5.56 Å². The monoisotopic (exact) mass is 359 g/mol. The van der Waals surface area contributed by atoms with Gasteiger partial charge in [-0.3, -0.25) is 10.1 Å². The molecule has 4 nitrogen and oxygen atoms in total. The number of nitro benzene ring substituents is 1. The van der Waals surface area contributed by atoms with Gasteiger partial charge >= 0.3 is 5.69 Å². The van der Waals surface area contributed by atoms with Crippen molar-refractivity contribution in [3.05, 3.63) is 62.4 Å². The van der Waals surface area contributed by atoms with Gasteiger partial charge < -0.3 is 4.74 Å². The van der Waals surface area contributed by atoms with E-state index in [4.69, 9.17) is 16.3 Å². The Bertz CT molecular complexity index is 666. The number of benzene rings is 2. The van der Waals surface area contributed by atoms with Gasteiger partial charge in [0.1, 0.15) is 0 Å². The van der Waals surface area contributed by atoms with Crippen molar-refractivity contribution in [2.45, 2.75) is 5.88 Å². The summed E-state index contributed by atoms with van der Waals surface area (Å²) in [5.41, 5.74) is 0.153. The molecule has 0 N–H and O–H groups in total. The maximum Gasteiger partial charge on any atom is 0.312 e. The quantitative estimate of drug-likeness (QED) is 0.436. The molecule has 0 amide bonds. The van der Waals surface area contributed by atoms with Crippen LogP contribution in [0.2, 0.25) is 0 Å². The predicted octanol–water partition coefficient (Wildman–Crippen LogP) is 5.03. The molecule has 2 aromatic rings. The Morgan fingerprint density at radius 1 is 1.25 bits per heavy atom. The number of halogens is 3. The SMILES string of the molecule is O=[N+]([O-])c1cccc(Br)c1Oc1c(F)cccc1CCl. The molecule has 0 aliphatic heterocycles. The maximum atomic E-state index is 13.8. The lowest BCUT2D eigenvalue weighted by molar-refractivity contribution is -0.385. The number of para-hydroxylation sites is 2. The molecule has 0 bridgehead atoms. The van der Waals surface area contributed by atoms with Crippen LogP contribution in [0.15, 0.2) is 40.9 Å². The van der Waals surface area contributed by atoms with Gasteiger partial charge in [-0.15, -0.1) is 11.6 Å². The van der Waals surface area contributed by atoms with Crippen LogP contribution in [0.4, 0.5) is 10.1 Å². The van der Waals surface area contributed by atoms with E-state index in [0.29, 0.717) is 10.0 Å². The number of nitro groups is 1. The van der Waals surface area contributed by atoms with Gasteiger partial charge in [-0.2, -0.15) is 0 Å². The van der Waals surface area contributed by atoms with Gasteiger partial charge in [0.2, 0.25) is 5.75 Å². The Morgan fingerprint density at radius 3 is 2.60 bits per heavy atom. The zero-order chi connectivity index (χ0) is 14.7. The Balaban J connectivity index is 2.53. The summed E-state index contributed by atoms with van der Waals surface area (Å²) in [7, 11) is 0. The molecule has 2 aromatic carbocycles. The standard InChI is InChI=1S/C13H8BrClFNO3/c14-9-4-2-6-11(17(18)19)13(9)20-12-8(7-15)3-1-5-10(12)16/h1-6H,7H2. The summed E-state index contributed by atoms with van der Waals surface area (Å²) in [5.74, 6) is -0.773. The molecule has 20 heavy (non-hydrogen) atoms. The first-order valence-electron chi connectivity index (χ1n) is 5.48. The van der Waals surface area contributed by atoms with Crippen LogP contribution in [-0.2, 0) is 5.88 Å². The molecule has 0 aliphatic rings. The van der Waals surface area contributed by atoms with Gasteiger partial charge in [-0.1, -0.05) is 18.2 Å². The van der Waals surface area contributed by atoms with Crippen LogP contribution < -0.4 is 4.74 Å². The van der Waals surface area contributed by atoms with Crippen molar-refractivity contribution >= 4 is 33.2 Å². The molecule has 0 saturated carbocycles. The summed E-state index contributed by atoms with van der Waals surface area (Å²) in [5, 5.41) is 11.0. The average molecular weight is 361 g/mol. The van der Waals surface area contributed by atoms with E-state index in [1.54, 1.807) is 12.1 Å². The highest BCUT2D eigenvalue weighted by molar-refractivity contribution is 9.10. The van der Waals surface area contributed by atoms with E-state index >= 15 is 0 Å². The van der Waals surface area contributed by atoms with Crippen LogP contribution >= 0.6 is 27.5 Å². The molecular weight excluding hydrogens is 353 g/mol. The van der Waals surface area contributed by atoms with Gasteiger partial charge in [0.15, 0.2) is 11.6 Å². The maximum absolute atomic E-state index is 13.8. The molecule has 0 radical (unpaired) electrons. The number of nitrogens with zero attached hydrogens (tertiary/aromatic N) is 1. The molecule has 0 saturated heterocycles. The normalized spacial score (nSPS) is 10.3. The van der Waals surface area contributed by atoms with E-state index in [2.05, 4.69) is 15.9 Å². The van der Waals surface area contributed by atoms with E-state index in [9.17, 15) is 14.5 Å². The van der Waals surface area contributed by atoms with E-state index in [-0.39, 0.29) is 23.1 Å². The van der Waals surface area contributed by atoms with Gasteiger partial charge in [0.25, 0.3) is 0 Å². The van der Waals surface area contributed by atoms with Gasteiger partial charge in [0, 0.05) is 11.6 Å². The second kappa shape index (κ2) is 6.19. The highest BCUT2D eigenvalue weighted by atomic mass is 79.9. The van der Waals surface area contributed by atoms with E-state index in [1.165, 1.54) is 24.3 Å². The molecule has 0 atom stereocenters. The lowest BCUT2D eigenvalue weighted by atomic mass is 10.2. The average Bonchev–Trinajstić information content (AvgIpc) is 2.42. The molecule has 2 rings (SSSR count). The largest absolute Gasteiger partial charge is 0.445 e. The second-order valence-electron chi connectivity index (χ2n) is 3.81. The first-order valence-corrected chi connectivity index (χ1v) is 6.81. The first kappa shape index (κ1) is 14.7. The van der Waals surface area contributed by atoms with Crippen molar-refractivity contribution in [1.82, 2.24) is 0 Å². The van der Waals surface area contributed by atoms with Crippen molar-refractivity contribution in [2.75, 3.05) is 0 Å². The molecule has 0 aromatic heterocycles.